The van der Waals surface area contributed by atoms with Gasteiger partial charge in [0.25, 0.3) is 0 Å². The summed E-state index contributed by atoms with van der Waals surface area (Å²) in [6.45, 7) is 3.34. The molecule has 2 rings (SSSR count). The number of hydrogen-bond donors (Lipinski definition) is 4. The molecule has 0 aromatic rings. The van der Waals surface area contributed by atoms with Gasteiger partial charge in [0, 0.05) is 36.9 Å². The molecule has 0 saturated carbocycles. The molecule has 3 atom stereocenters. The quantitative estimate of drug-likeness (QED) is 0.281. The number of rotatable bonds is 13. The van der Waals surface area contributed by atoms with Gasteiger partial charge in [-0.05, 0) is 32.6 Å². The van der Waals surface area contributed by atoms with Gasteiger partial charge in [-0.1, -0.05) is 19.3 Å². The minimum Gasteiger partial charge on any atom is -0.356 e. The number of thioether (sulfide) groups is 1. The van der Waals surface area contributed by atoms with E-state index >= 15 is 0 Å². The SMILES string of the molecule is CCNC(=O)CCCCCCNC(=O)CCCCC1SCC2NC(=O)NC21. The van der Waals surface area contributed by atoms with Crippen molar-refractivity contribution in [3.8, 4) is 0 Å². The van der Waals surface area contributed by atoms with Gasteiger partial charge in [-0.15, -0.1) is 0 Å². The molecular formula is C19H34N4O3S. The Hall–Kier alpha value is -1.44. The van der Waals surface area contributed by atoms with Gasteiger partial charge in [0.05, 0.1) is 12.1 Å². The summed E-state index contributed by atoms with van der Waals surface area (Å²) in [6.07, 6.45) is 8.09. The second-order valence-electron chi connectivity index (χ2n) is 7.34. The number of unbranched alkanes of at least 4 members (excludes halogenated alkanes) is 4. The van der Waals surface area contributed by atoms with E-state index < -0.39 is 0 Å². The monoisotopic (exact) mass is 398 g/mol. The van der Waals surface area contributed by atoms with E-state index in [1.807, 2.05) is 18.7 Å². The van der Waals surface area contributed by atoms with Crippen LogP contribution in [0.15, 0.2) is 0 Å². The molecular weight excluding hydrogens is 364 g/mol. The van der Waals surface area contributed by atoms with E-state index in [9.17, 15) is 14.4 Å². The third kappa shape index (κ3) is 7.99. The molecule has 0 spiro atoms. The van der Waals surface area contributed by atoms with E-state index in [4.69, 9.17) is 0 Å². The predicted octanol–water partition coefficient (Wildman–Crippen LogP) is 1.92. The third-order valence-corrected chi connectivity index (χ3v) is 6.62. The molecule has 0 aliphatic carbocycles. The smallest absolute Gasteiger partial charge is 0.315 e. The number of urea groups is 1. The normalized spacial score (nSPS) is 23.4. The maximum Gasteiger partial charge on any atom is 0.315 e. The number of carbonyl (C=O) groups is 3. The number of nitrogens with one attached hydrogen (secondary N) is 4. The zero-order valence-corrected chi connectivity index (χ0v) is 17.2. The molecule has 0 aromatic carbocycles. The van der Waals surface area contributed by atoms with Crippen LogP contribution < -0.4 is 21.3 Å². The Morgan fingerprint density at radius 3 is 2.48 bits per heavy atom. The first-order chi connectivity index (χ1) is 13.1. The Morgan fingerprint density at radius 2 is 1.70 bits per heavy atom. The predicted molar refractivity (Wildman–Crippen MR) is 109 cm³/mol. The highest BCUT2D eigenvalue weighted by Gasteiger charge is 2.42. The summed E-state index contributed by atoms with van der Waals surface area (Å²) in [5, 5.41) is 12.2. The molecule has 4 amide bonds. The summed E-state index contributed by atoms with van der Waals surface area (Å²) in [7, 11) is 0. The van der Waals surface area contributed by atoms with E-state index in [1.54, 1.807) is 0 Å². The van der Waals surface area contributed by atoms with Gasteiger partial charge >= 0.3 is 6.03 Å². The Bertz CT molecular complexity index is 503. The second-order valence-corrected chi connectivity index (χ2v) is 8.61. The Morgan fingerprint density at radius 1 is 1.00 bits per heavy atom. The zero-order chi connectivity index (χ0) is 19.5. The van der Waals surface area contributed by atoms with Crippen molar-refractivity contribution in [1.29, 1.82) is 0 Å². The van der Waals surface area contributed by atoms with Crippen LogP contribution in [-0.2, 0) is 9.59 Å². The second kappa shape index (κ2) is 12.1. The number of hydrogen-bond acceptors (Lipinski definition) is 4. The molecule has 2 aliphatic rings. The van der Waals surface area contributed by atoms with Crippen molar-refractivity contribution >= 4 is 29.6 Å². The summed E-state index contributed by atoms with van der Waals surface area (Å²) >= 11 is 1.92. The van der Waals surface area contributed by atoms with E-state index in [0.29, 0.717) is 24.6 Å². The van der Waals surface area contributed by atoms with Crippen LogP contribution in [0.25, 0.3) is 0 Å². The summed E-state index contributed by atoms with van der Waals surface area (Å²) in [4.78, 5) is 34.5. The van der Waals surface area contributed by atoms with Crippen molar-refractivity contribution in [2.24, 2.45) is 0 Å². The van der Waals surface area contributed by atoms with Crippen LogP contribution in [0, 0.1) is 0 Å². The first kappa shape index (κ1) is 21.9. The molecule has 4 N–H and O–H groups in total. The summed E-state index contributed by atoms with van der Waals surface area (Å²) in [5.41, 5.74) is 0. The fourth-order valence-electron chi connectivity index (χ4n) is 3.64. The van der Waals surface area contributed by atoms with E-state index in [-0.39, 0.29) is 29.9 Å². The fourth-order valence-corrected chi connectivity index (χ4v) is 5.18. The highest BCUT2D eigenvalue weighted by atomic mass is 32.2. The van der Waals surface area contributed by atoms with Gasteiger partial charge in [-0.3, -0.25) is 9.59 Å². The Balaban J connectivity index is 1.40. The minimum absolute atomic E-state index is 0.0427. The van der Waals surface area contributed by atoms with Crippen molar-refractivity contribution in [1.82, 2.24) is 21.3 Å². The number of amides is 4. The van der Waals surface area contributed by atoms with Crippen LogP contribution in [0.5, 0.6) is 0 Å². The summed E-state index contributed by atoms with van der Waals surface area (Å²) < 4.78 is 0. The molecule has 0 bridgehead atoms. The molecule has 27 heavy (non-hydrogen) atoms. The molecule has 154 valence electrons. The maximum absolute atomic E-state index is 11.9. The molecule has 2 fully saturated rings. The van der Waals surface area contributed by atoms with Crippen molar-refractivity contribution in [3.63, 3.8) is 0 Å². The minimum atomic E-state index is -0.0427. The van der Waals surface area contributed by atoms with E-state index in [2.05, 4.69) is 21.3 Å². The summed E-state index contributed by atoms with van der Waals surface area (Å²) in [6, 6.07) is 0.486. The number of carbonyl (C=O) groups excluding carboxylic acids is 3. The van der Waals surface area contributed by atoms with Gasteiger partial charge in [-0.25, -0.2) is 4.79 Å². The molecule has 2 aliphatic heterocycles. The van der Waals surface area contributed by atoms with Crippen LogP contribution in [0.3, 0.4) is 0 Å². The third-order valence-electron chi connectivity index (χ3n) is 5.11. The highest BCUT2D eigenvalue weighted by Crippen LogP contribution is 2.33. The molecule has 0 aromatic heterocycles. The Kier molecular flexibility index (Phi) is 9.80. The molecule has 7 nitrogen and oxygen atoms in total. The first-order valence-corrected chi connectivity index (χ1v) is 11.4. The van der Waals surface area contributed by atoms with Crippen molar-refractivity contribution < 1.29 is 14.4 Å². The van der Waals surface area contributed by atoms with Gasteiger partial charge in [0.15, 0.2) is 0 Å². The lowest BCUT2D eigenvalue weighted by molar-refractivity contribution is -0.121. The molecule has 8 heteroatoms. The lowest BCUT2D eigenvalue weighted by Crippen LogP contribution is -2.36. The fraction of sp³-hybridized carbons (Fsp3) is 0.842. The van der Waals surface area contributed by atoms with Gasteiger partial charge in [0.1, 0.15) is 0 Å². The van der Waals surface area contributed by atoms with Crippen LogP contribution in [0.4, 0.5) is 4.79 Å². The van der Waals surface area contributed by atoms with Crippen molar-refractivity contribution in [2.45, 2.75) is 82.0 Å². The van der Waals surface area contributed by atoms with E-state index in [1.165, 1.54) is 0 Å². The highest BCUT2D eigenvalue weighted by molar-refractivity contribution is 8.00. The zero-order valence-electron chi connectivity index (χ0n) is 16.4. The molecule has 2 saturated heterocycles. The molecule has 0 radical (unpaired) electrons. The van der Waals surface area contributed by atoms with Gasteiger partial charge in [0.2, 0.25) is 11.8 Å². The molecule has 2 heterocycles. The van der Waals surface area contributed by atoms with Gasteiger partial charge < -0.3 is 21.3 Å². The first-order valence-electron chi connectivity index (χ1n) is 10.3. The van der Waals surface area contributed by atoms with Crippen LogP contribution >= 0.6 is 11.8 Å². The van der Waals surface area contributed by atoms with Crippen molar-refractivity contribution in [3.05, 3.63) is 0 Å². The maximum atomic E-state index is 11.9. The van der Waals surface area contributed by atoms with Crippen LogP contribution in [-0.4, -0.2) is 54.0 Å². The number of fused-ring (bicyclic) bond motifs is 1. The largest absolute Gasteiger partial charge is 0.356 e. The lowest BCUT2D eigenvalue weighted by Gasteiger charge is -2.16. The van der Waals surface area contributed by atoms with Gasteiger partial charge in [-0.2, -0.15) is 11.8 Å². The molecule has 3 unspecified atom stereocenters. The average molecular weight is 399 g/mol. The Labute approximate surface area is 166 Å². The van der Waals surface area contributed by atoms with Crippen molar-refractivity contribution in [2.75, 3.05) is 18.8 Å². The van der Waals surface area contributed by atoms with E-state index in [0.717, 1.165) is 57.2 Å². The average Bonchev–Trinajstić information content (AvgIpc) is 3.17. The summed E-state index contributed by atoms with van der Waals surface area (Å²) in [5.74, 6) is 1.24. The standard InChI is InChI=1S/C19H34N4O3S/c1-2-20-16(24)10-5-3-4-8-12-21-17(25)11-7-6-9-15-18-14(13-27-15)22-19(26)23-18/h14-15,18H,2-13H2,1H3,(H,20,24)(H,21,25)(H2,22,23,26). The lowest BCUT2D eigenvalue weighted by atomic mass is 10.0. The van der Waals surface area contributed by atoms with Crippen LogP contribution in [0.2, 0.25) is 0 Å². The van der Waals surface area contributed by atoms with Crippen LogP contribution in [0.1, 0.15) is 64.7 Å². The topological polar surface area (TPSA) is 99.3 Å².